The van der Waals surface area contributed by atoms with Crippen LogP contribution in [0.25, 0.3) is 22.5 Å². The van der Waals surface area contributed by atoms with Crippen molar-refractivity contribution in [1.82, 2.24) is 5.16 Å². The highest BCUT2D eigenvalue weighted by Gasteiger charge is 2.16. The molecule has 0 saturated heterocycles. The van der Waals surface area contributed by atoms with Crippen molar-refractivity contribution in [3.8, 4) is 39.7 Å². The van der Waals surface area contributed by atoms with Crippen molar-refractivity contribution < 1.29 is 20.5 Å². The second-order valence-electron chi connectivity index (χ2n) is 4.91. The number of aromatic nitrogens is 1. The molecule has 0 radical (unpaired) electrons. The standard InChI is InChI=1S/C18H17NO4.H2/c1-3-22-14-8-9-15(17(20)10-14)18-16(11-19-23-18)12-4-6-13(21-2)7-5-12;/h4-11,20H,3H2,1-2H3;1H. The predicted octanol–water partition coefficient (Wildman–Crippen LogP) is 4.37. The third-order valence-corrected chi connectivity index (χ3v) is 3.50. The van der Waals surface area contributed by atoms with Gasteiger partial charge in [0.25, 0.3) is 0 Å². The Morgan fingerprint density at radius 1 is 1.09 bits per heavy atom. The van der Waals surface area contributed by atoms with Crippen molar-refractivity contribution in [2.24, 2.45) is 0 Å². The van der Waals surface area contributed by atoms with E-state index in [9.17, 15) is 5.11 Å². The van der Waals surface area contributed by atoms with Gasteiger partial charge in [-0.05, 0) is 36.8 Å². The number of hydrogen-bond acceptors (Lipinski definition) is 5. The summed E-state index contributed by atoms with van der Waals surface area (Å²) in [5.41, 5.74) is 2.29. The average Bonchev–Trinajstić information content (AvgIpc) is 3.05. The van der Waals surface area contributed by atoms with Crippen molar-refractivity contribution in [1.29, 1.82) is 0 Å². The summed E-state index contributed by atoms with van der Waals surface area (Å²) in [6.07, 6.45) is 1.63. The predicted molar refractivity (Wildman–Crippen MR) is 88.9 cm³/mol. The van der Waals surface area contributed by atoms with Crippen LogP contribution in [0.4, 0.5) is 0 Å². The number of methoxy groups -OCH3 is 1. The molecule has 0 bridgehead atoms. The van der Waals surface area contributed by atoms with E-state index in [-0.39, 0.29) is 7.18 Å². The van der Waals surface area contributed by atoms with Gasteiger partial charge in [0.05, 0.1) is 25.5 Å². The summed E-state index contributed by atoms with van der Waals surface area (Å²) in [6, 6.07) is 12.7. The molecule has 1 N–H and O–H groups in total. The molecule has 120 valence electrons. The fourth-order valence-electron chi connectivity index (χ4n) is 2.37. The molecule has 1 heterocycles. The van der Waals surface area contributed by atoms with E-state index >= 15 is 0 Å². The molecule has 0 aliphatic carbocycles. The van der Waals surface area contributed by atoms with Gasteiger partial charge in [-0.25, -0.2) is 0 Å². The van der Waals surface area contributed by atoms with Gasteiger partial charge in [-0.3, -0.25) is 0 Å². The van der Waals surface area contributed by atoms with Gasteiger partial charge in [0, 0.05) is 13.1 Å². The van der Waals surface area contributed by atoms with Gasteiger partial charge in [0.2, 0.25) is 0 Å². The number of phenols is 1. The van der Waals surface area contributed by atoms with E-state index in [2.05, 4.69) is 5.16 Å². The summed E-state index contributed by atoms with van der Waals surface area (Å²) in [6.45, 7) is 2.43. The monoisotopic (exact) mass is 313 g/mol. The fraction of sp³-hybridized carbons (Fsp3) is 0.167. The Morgan fingerprint density at radius 2 is 1.83 bits per heavy atom. The van der Waals surface area contributed by atoms with Gasteiger partial charge in [0.1, 0.15) is 17.2 Å². The van der Waals surface area contributed by atoms with Crippen LogP contribution >= 0.6 is 0 Å². The van der Waals surface area contributed by atoms with E-state index in [1.807, 2.05) is 31.2 Å². The minimum absolute atomic E-state index is 0. The third kappa shape index (κ3) is 2.99. The zero-order valence-corrected chi connectivity index (χ0v) is 12.9. The van der Waals surface area contributed by atoms with E-state index in [4.69, 9.17) is 14.0 Å². The molecule has 23 heavy (non-hydrogen) atoms. The van der Waals surface area contributed by atoms with Crippen molar-refractivity contribution in [3.05, 3.63) is 48.7 Å². The maximum Gasteiger partial charge on any atom is 0.178 e. The van der Waals surface area contributed by atoms with Gasteiger partial charge < -0.3 is 19.1 Å². The Bertz CT molecular complexity index is 799. The summed E-state index contributed by atoms with van der Waals surface area (Å²) in [5, 5.41) is 14.1. The number of phenolic OH excluding ortho intramolecular Hbond substituents is 1. The zero-order chi connectivity index (χ0) is 16.2. The summed E-state index contributed by atoms with van der Waals surface area (Å²) in [7, 11) is 1.62. The summed E-state index contributed by atoms with van der Waals surface area (Å²) in [5.74, 6) is 1.98. The van der Waals surface area contributed by atoms with Crippen LogP contribution in [0.5, 0.6) is 17.2 Å². The highest BCUT2D eigenvalue weighted by Crippen LogP contribution is 2.38. The van der Waals surface area contributed by atoms with Gasteiger partial charge >= 0.3 is 0 Å². The Labute approximate surface area is 135 Å². The van der Waals surface area contributed by atoms with Crippen LogP contribution in [-0.4, -0.2) is 24.0 Å². The van der Waals surface area contributed by atoms with Crippen LogP contribution in [0.15, 0.2) is 53.2 Å². The molecule has 5 nitrogen and oxygen atoms in total. The van der Waals surface area contributed by atoms with Crippen LogP contribution in [0, 0.1) is 0 Å². The number of nitrogens with zero attached hydrogens (tertiary/aromatic N) is 1. The molecule has 0 atom stereocenters. The van der Waals surface area contributed by atoms with Crippen molar-refractivity contribution in [2.45, 2.75) is 6.92 Å². The van der Waals surface area contributed by atoms with Crippen molar-refractivity contribution >= 4 is 0 Å². The van der Waals surface area contributed by atoms with E-state index in [0.717, 1.165) is 16.9 Å². The van der Waals surface area contributed by atoms with Crippen LogP contribution in [0.1, 0.15) is 8.35 Å². The smallest absolute Gasteiger partial charge is 0.178 e. The largest absolute Gasteiger partial charge is 0.507 e. The molecule has 0 amide bonds. The van der Waals surface area contributed by atoms with Crippen LogP contribution in [-0.2, 0) is 0 Å². The molecule has 5 heteroatoms. The molecule has 0 aliphatic rings. The maximum atomic E-state index is 10.3. The molecule has 0 aliphatic heterocycles. The van der Waals surface area contributed by atoms with Gasteiger partial charge in [-0.2, -0.15) is 0 Å². The summed E-state index contributed by atoms with van der Waals surface area (Å²) < 4.78 is 15.9. The Morgan fingerprint density at radius 3 is 2.48 bits per heavy atom. The summed E-state index contributed by atoms with van der Waals surface area (Å²) >= 11 is 0. The quantitative estimate of drug-likeness (QED) is 0.758. The highest BCUT2D eigenvalue weighted by atomic mass is 16.5. The lowest BCUT2D eigenvalue weighted by atomic mass is 10.0. The second-order valence-corrected chi connectivity index (χ2v) is 4.91. The second kappa shape index (κ2) is 6.44. The third-order valence-electron chi connectivity index (χ3n) is 3.50. The lowest BCUT2D eigenvalue weighted by Gasteiger charge is -2.08. The minimum Gasteiger partial charge on any atom is -0.507 e. The lowest BCUT2D eigenvalue weighted by molar-refractivity contribution is 0.337. The number of rotatable bonds is 5. The molecule has 0 unspecified atom stereocenters. The van der Waals surface area contributed by atoms with Crippen LogP contribution in [0.3, 0.4) is 0 Å². The number of benzene rings is 2. The van der Waals surface area contributed by atoms with E-state index in [0.29, 0.717) is 23.7 Å². The molecule has 1 aromatic heterocycles. The van der Waals surface area contributed by atoms with Gasteiger partial charge in [0.15, 0.2) is 5.76 Å². The lowest BCUT2D eigenvalue weighted by Crippen LogP contribution is -1.91. The molecule has 2 aromatic carbocycles. The van der Waals surface area contributed by atoms with E-state index in [1.165, 1.54) is 0 Å². The Hall–Kier alpha value is -2.95. The average molecular weight is 313 g/mol. The Kier molecular flexibility index (Phi) is 4.19. The molecule has 0 fully saturated rings. The minimum atomic E-state index is 0. The first-order chi connectivity index (χ1) is 11.2. The topological polar surface area (TPSA) is 64.7 Å². The Balaban J connectivity index is 0.00000208. The highest BCUT2D eigenvalue weighted by molar-refractivity contribution is 5.82. The van der Waals surface area contributed by atoms with Crippen LogP contribution < -0.4 is 9.47 Å². The van der Waals surface area contributed by atoms with E-state index in [1.54, 1.807) is 31.5 Å². The molecule has 0 saturated carbocycles. The first kappa shape index (κ1) is 15.0. The van der Waals surface area contributed by atoms with E-state index < -0.39 is 0 Å². The first-order valence-corrected chi connectivity index (χ1v) is 7.28. The zero-order valence-electron chi connectivity index (χ0n) is 12.9. The fourth-order valence-corrected chi connectivity index (χ4v) is 2.37. The van der Waals surface area contributed by atoms with Gasteiger partial charge in [-0.15, -0.1) is 0 Å². The maximum absolute atomic E-state index is 10.3. The number of hydrogen-bond donors (Lipinski definition) is 1. The molecular formula is C18H19NO4. The number of aromatic hydroxyl groups is 1. The number of ether oxygens (including phenoxy) is 2. The first-order valence-electron chi connectivity index (χ1n) is 7.28. The summed E-state index contributed by atoms with van der Waals surface area (Å²) in [4.78, 5) is 0. The normalized spacial score (nSPS) is 10.5. The molecule has 3 rings (SSSR count). The molecule has 3 aromatic rings. The van der Waals surface area contributed by atoms with Crippen molar-refractivity contribution in [3.63, 3.8) is 0 Å². The van der Waals surface area contributed by atoms with Crippen molar-refractivity contribution in [2.75, 3.05) is 13.7 Å². The molecular weight excluding hydrogens is 294 g/mol. The van der Waals surface area contributed by atoms with Gasteiger partial charge in [-0.1, -0.05) is 17.3 Å². The molecule has 0 spiro atoms. The SMILES string of the molecule is CCOc1ccc(-c2oncc2-c2ccc(OC)cc2)c(O)c1.[HH]. The van der Waals surface area contributed by atoms with Crippen LogP contribution in [0.2, 0.25) is 0 Å².